The Hall–Kier alpha value is -0.610. The predicted molar refractivity (Wildman–Crippen MR) is 54.4 cm³/mol. The van der Waals surface area contributed by atoms with Crippen LogP contribution < -0.4 is 0 Å². The van der Waals surface area contributed by atoms with Gasteiger partial charge in [0.15, 0.2) is 0 Å². The molecule has 1 fully saturated rings. The minimum Gasteiger partial charge on any atom is -0.363 e. The summed E-state index contributed by atoms with van der Waals surface area (Å²) in [7, 11) is 1.63. The third-order valence-corrected chi connectivity index (χ3v) is 2.43. The van der Waals surface area contributed by atoms with E-state index in [2.05, 4.69) is 5.01 Å². The van der Waals surface area contributed by atoms with Crippen LogP contribution in [0.3, 0.4) is 0 Å². The molecular formula is C10H20N2O2. The molecule has 0 radical (unpaired) electrons. The van der Waals surface area contributed by atoms with E-state index in [1.807, 2.05) is 6.92 Å². The maximum Gasteiger partial charge on any atom is 0.238 e. The van der Waals surface area contributed by atoms with Gasteiger partial charge in [-0.1, -0.05) is 6.92 Å². The van der Waals surface area contributed by atoms with E-state index in [-0.39, 0.29) is 5.91 Å². The van der Waals surface area contributed by atoms with Gasteiger partial charge >= 0.3 is 0 Å². The number of hydrogen-bond donors (Lipinski definition) is 0. The lowest BCUT2D eigenvalue weighted by Gasteiger charge is -2.30. The van der Waals surface area contributed by atoms with Crippen molar-refractivity contribution in [3.05, 3.63) is 0 Å². The average molecular weight is 200 g/mol. The predicted octanol–water partition coefficient (Wildman–Crippen LogP) is 1.23. The fraction of sp³-hybridized carbons (Fsp3) is 0.900. The van der Waals surface area contributed by atoms with Crippen molar-refractivity contribution in [2.45, 2.75) is 32.6 Å². The maximum absolute atomic E-state index is 11.7. The van der Waals surface area contributed by atoms with Gasteiger partial charge in [0.25, 0.3) is 0 Å². The lowest BCUT2D eigenvalue weighted by atomic mass is 10.3. The van der Waals surface area contributed by atoms with Gasteiger partial charge in [0.05, 0.1) is 0 Å². The Bertz CT molecular complexity index is 179. The van der Waals surface area contributed by atoms with Crippen LogP contribution in [0.5, 0.6) is 0 Å². The molecular weight excluding hydrogens is 180 g/mol. The number of methoxy groups -OCH3 is 1. The van der Waals surface area contributed by atoms with Crippen LogP contribution in [0.2, 0.25) is 0 Å². The van der Waals surface area contributed by atoms with Crippen molar-refractivity contribution in [1.29, 1.82) is 0 Å². The first-order valence-electron chi connectivity index (χ1n) is 5.33. The van der Waals surface area contributed by atoms with E-state index in [0.29, 0.717) is 13.2 Å². The SMILES string of the molecule is CCCC(=O)N(COC)N1CCCC1. The summed E-state index contributed by atoms with van der Waals surface area (Å²) >= 11 is 0. The maximum atomic E-state index is 11.7. The van der Waals surface area contributed by atoms with E-state index in [1.165, 1.54) is 12.8 Å². The molecule has 0 spiro atoms. The monoisotopic (exact) mass is 200 g/mol. The second kappa shape index (κ2) is 5.98. The van der Waals surface area contributed by atoms with Crippen molar-refractivity contribution in [2.75, 3.05) is 26.9 Å². The summed E-state index contributed by atoms with van der Waals surface area (Å²) in [6.07, 6.45) is 3.87. The van der Waals surface area contributed by atoms with Crippen molar-refractivity contribution in [2.24, 2.45) is 0 Å². The van der Waals surface area contributed by atoms with Crippen LogP contribution in [0, 0.1) is 0 Å². The molecule has 14 heavy (non-hydrogen) atoms. The highest BCUT2D eigenvalue weighted by molar-refractivity contribution is 5.75. The normalized spacial score (nSPS) is 17.3. The van der Waals surface area contributed by atoms with Gasteiger partial charge < -0.3 is 4.74 Å². The summed E-state index contributed by atoms with van der Waals surface area (Å²) in [5.41, 5.74) is 0. The van der Waals surface area contributed by atoms with Gasteiger partial charge in [0.2, 0.25) is 5.91 Å². The van der Waals surface area contributed by atoms with Crippen LogP contribution in [0.4, 0.5) is 0 Å². The largest absolute Gasteiger partial charge is 0.363 e. The average Bonchev–Trinajstić information content (AvgIpc) is 2.67. The Morgan fingerprint density at radius 2 is 2.07 bits per heavy atom. The molecule has 1 saturated heterocycles. The van der Waals surface area contributed by atoms with Crippen LogP contribution in [0.25, 0.3) is 0 Å². The lowest BCUT2D eigenvalue weighted by Crippen LogP contribution is -2.45. The van der Waals surface area contributed by atoms with Crippen LogP contribution in [-0.4, -0.2) is 42.9 Å². The van der Waals surface area contributed by atoms with Crippen LogP contribution in [0.1, 0.15) is 32.6 Å². The quantitative estimate of drug-likeness (QED) is 0.626. The van der Waals surface area contributed by atoms with Gasteiger partial charge in [0.1, 0.15) is 6.73 Å². The Morgan fingerprint density at radius 1 is 1.43 bits per heavy atom. The Balaban J connectivity index is 2.48. The highest BCUT2D eigenvalue weighted by atomic mass is 16.5. The molecule has 0 aliphatic carbocycles. The summed E-state index contributed by atoms with van der Waals surface area (Å²) in [6, 6.07) is 0. The van der Waals surface area contributed by atoms with Crippen molar-refractivity contribution < 1.29 is 9.53 Å². The molecule has 1 amide bonds. The Labute approximate surface area is 85.8 Å². The van der Waals surface area contributed by atoms with Gasteiger partial charge in [-0.15, -0.1) is 0 Å². The second-order valence-electron chi connectivity index (χ2n) is 3.62. The smallest absolute Gasteiger partial charge is 0.238 e. The zero-order valence-corrected chi connectivity index (χ0v) is 9.16. The van der Waals surface area contributed by atoms with E-state index >= 15 is 0 Å². The van der Waals surface area contributed by atoms with Crippen molar-refractivity contribution >= 4 is 5.91 Å². The fourth-order valence-electron chi connectivity index (χ4n) is 1.72. The number of carbonyl (C=O) groups excluding carboxylic acids is 1. The molecule has 0 atom stereocenters. The third-order valence-electron chi connectivity index (χ3n) is 2.43. The summed E-state index contributed by atoms with van der Waals surface area (Å²) < 4.78 is 5.05. The van der Waals surface area contributed by atoms with Crippen LogP contribution in [0.15, 0.2) is 0 Å². The minimum absolute atomic E-state index is 0.177. The molecule has 0 unspecified atom stereocenters. The van der Waals surface area contributed by atoms with Gasteiger partial charge in [-0.2, -0.15) is 0 Å². The fourth-order valence-corrected chi connectivity index (χ4v) is 1.72. The molecule has 0 bridgehead atoms. The molecule has 0 aromatic carbocycles. The number of hydrazine groups is 1. The van der Waals surface area contributed by atoms with E-state index in [9.17, 15) is 4.79 Å². The molecule has 0 aromatic heterocycles. The third kappa shape index (κ3) is 2.96. The van der Waals surface area contributed by atoms with Gasteiger partial charge in [-0.05, 0) is 19.3 Å². The highest BCUT2D eigenvalue weighted by Gasteiger charge is 2.23. The summed E-state index contributed by atoms with van der Waals surface area (Å²) in [5.74, 6) is 0.177. The molecule has 0 saturated carbocycles. The van der Waals surface area contributed by atoms with Crippen molar-refractivity contribution in [3.8, 4) is 0 Å². The van der Waals surface area contributed by atoms with E-state index in [4.69, 9.17) is 4.74 Å². The summed E-state index contributed by atoms with van der Waals surface area (Å²) in [4.78, 5) is 11.7. The van der Waals surface area contributed by atoms with Crippen molar-refractivity contribution in [1.82, 2.24) is 10.0 Å². The first kappa shape index (κ1) is 11.5. The Morgan fingerprint density at radius 3 is 2.57 bits per heavy atom. The molecule has 1 heterocycles. The zero-order chi connectivity index (χ0) is 10.4. The van der Waals surface area contributed by atoms with Crippen LogP contribution >= 0.6 is 0 Å². The number of nitrogens with zero attached hydrogens (tertiary/aromatic N) is 2. The summed E-state index contributed by atoms with van der Waals surface area (Å²) in [5, 5.41) is 3.85. The molecule has 82 valence electrons. The number of rotatable bonds is 5. The first-order valence-corrected chi connectivity index (χ1v) is 5.33. The van der Waals surface area contributed by atoms with E-state index < -0.39 is 0 Å². The molecule has 0 aromatic rings. The lowest BCUT2D eigenvalue weighted by molar-refractivity contribution is -0.158. The molecule has 4 heteroatoms. The highest BCUT2D eigenvalue weighted by Crippen LogP contribution is 2.12. The van der Waals surface area contributed by atoms with Crippen molar-refractivity contribution in [3.63, 3.8) is 0 Å². The molecule has 0 N–H and O–H groups in total. The van der Waals surface area contributed by atoms with Crippen LogP contribution in [-0.2, 0) is 9.53 Å². The minimum atomic E-state index is 0.177. The standard InChI is InChI=1S/C10H20N2O2/c1-3-6-10(13)12(9-14-2)11-7-4-5-8-11/h3-9H2,1-2H3. The molecule has 1 aliphatic heterocycles. The summed E-state index contributed by atoms with van der Waals surface area (Å²) in [6.45, 7) is 4.38. The molecule has 1 aliphatic rings. The van der Waals surface area contributed by atoms with Gasteiger partial charge in [0, 0.05) is 26.6 Å². The van der Waals surface area contributed by atoms with Gasteiger partial charge in [-0.3, -0.25) is 4.79 Å². The van der Waals surface area contributed by atoms with Gasteiger partial charge in [-0.25, -0.2) is 10.0 Å². The number of carbonyl (C=O) groups is 1. The van der Waals surface area contributed by atoms with E-state index in [1.54, 1.807) is 12.1 Å². The Kier molecular flexibility index (Phi) is 4.90. The zero-order valence-electron chi connectivity index (χ0n) is 9.16. The van der Waals surface area contributed by atoms with E-state index in [0.717, 1.165) is 19.5 Å². The second-order valence-corrected chi connectivity index (χ2v) is 3.62. The number of ether oxygens (including phenoxy) is 1. The molecule has 1 rings (SSSR count). The number of hydrogen-bond acceptors (Lipinski definition) is 3. The number of amides is 1. The molecule has 4 nitrogen and oxygen atoms in total. The topological polar surface area (TPSA) is 32.8 Å². The first-order chi connectivity index (χ1) is 6.79.